The molecular weight excluding hydrogens is 249 g/mol. The third-order valence-electron chi connectivity index (χ3n) is 1.92. The summed E-state index contributed by atoms with van der Waals surface area (Å²) in [4.78, 5) is 11.3. The van der Waals surface area contributed by atoms with Crippen molar-refractivity contribution in [3.63, 3.8) is 0 Å². The molecule has 16 heavy (non-hydrogen) atoms. The maximum Gasteiger partial charge on any atom is 0.412 e. The number of carbonyl (C=O) groups excluding carboxylic acids is 1. The summed E-state index contributed by atoms with van der Waals surface area (Å²) in [5.74, 6) is 0.267. The fourth-order valence-electron chi connectivity index (χ4n) is 1.07. The van der Waals surface area contributed by atoms with Gasteiger partial charge in [-0.05, 0) is 18.6 Å². The van der Waals surface area contributed by atoms with Gasteiger partial charge in [0.05, 0.1) is 5.02 Å². The highest BCUT2D eigenvalue weighted by Gasteiger charge is 2.09. The normalized spacial score (nSPS) is 9.94. The highest BCUT2D eigenvalue weighted by atomic mass is 35.5. The number of benzene rings is 1. The number of unbranched alkanes of at least 4 members (excludes halogenated alkanes) is 1. The second-order valence-electron chi connectivity index (χ2n) is 3.22. The number of ether oxygens (including phenoxy) is 1. The van der Waals surface area contributed by atoms with E-state index in [1.807, 2.05) is 6.92 Å². The van der Waals surface area contributed by atoms with Crippen molar-refractivity contribution in [1.82, 2.24) is 5.32 Å². The van der Waals surface area contributed by atoms with E-state index in [0.29, 0.717) is 11.6 Å². The molecule has 0 aliphatic carbocycles. The van der Waals surface area contributed by atoms with Crippen LogP contribution in [0.3, 0.4) is 0 Å². The zero-order chi connectivity index (χ0) is 12.0. The summed E-state index contributed by atoms with van der Waals surface area (Å²) in [7, 11) is 0. The zero-order valence-corrected chi connectivity index (χ0v) is 10.4. The van der Waals surface area contributed by atoms with Gasteiger partial charge >= 0.3 is 6.09 Å². The Kier molecular flexibility index (Phi) is 5.43. The van der Waals surface area contributed by atoms with E-state index in [4.69, 9.17) is 27.9 Å². The zero-order valence-electron chi connectivity index (χ0n) is 8.93. The fraction of sp³-hybridized carbons (Fsp3) is 0.364. The molecule has 1 N–H and O–H groups in total. The molecule has 1 aromatic carbocycles. The molecule has 0 unspecified atom stereocenters. The molecule has 0 spiro atoms. The molecular formula is C11H13Cl2NO2. The number of hydrogen-bond donors (Lipinski definition) is 1. The number of carbonyl (C=O) groups is 1. The van der Waals surface area contributed by atoms with Crippen LogP contribution in [0.1, 0.15) is 19.8 Å². The van der Waals surface area contributed by atoms with Crippen molar-refractivity contribution in [3.8, 4) is 5.75 Å². The van der Waals surface area contributed by atoms with Gasteiger partial charge in [0.15, 0.2) is 5.75 Å². The maximum absolute atomic E-state index is 11.3. The van der Waals surface area contributed by atoms with E-state index in [-0.39, 0.29) is 10.8 Å². The lowest BCUT2D eigenvalue weighted by Crippen LogP contribution is -2.27. The van der Waals surface area contributed by atoms with Crippen molar-refractivity contribution in [1.29, 1.82) is 0 Å². The molecule has 0 bridgehead atoms. The standard InChI is InChI=1S/C11H13Cl2NO2/c1-2-3-7-14-11(15)16-9-6-4-5-8(12)10(9)13/h4-6H,2-3,7H2,1H3,(H,14,15). The fourth-order valence-corrected chi connectivity index (χ4v) is 1.40. The molecule has 0 aliphatic rings. The van der Waals surface area contributed by atoms with Crippen molar-refractivity contribution >= 4 is 29.3 Å². The average molecular weight is 262 g/mol. The highest BCUT2D eigenvalue weighted by Crippen LogP contribution is 2.31. The van der Waals surface area contributed by atoms with Crippen LogP contribution in [0.15, 0.2) is 18.2 Å². The van der Waals surface area contributed by atoms with Crippen LogP contribution in [0.25, 0.3) is 0 Å². The Balaban J connectivity index is 2.53. The summed E-state index contributed by atoms with van der Waals surface area (Å²) < 4.78 is 5.01. The molecule has 1 rings (SSSR count). The van der Waals surface area contributed by atoms with E-state index in [9.17, 15) is 4.79 Å². The quantitative estimate of drug-likeness (QED) is 0.836. The average Bonchev–Trinajstić information content (AvgIpc) is 2.25. The summed E-state index contributed by atoms with van der Waals surface area (Å²) in [5.41, 5.74) is 0. The molecule has 1 aromatic rings. The van der Waals surface area contributed by atoms with Gasteiger partial charge in [-0.1, -0.05) is 42.6 Å². The van der Waals surface area contributed by atoms with Crippen LogP contribution in [0.2, 0.25) is 10.0 Å². The Morgan fingerprint density at radius 1 is 1.44 bits per heavy atom. The van der Waals surface area contributed by atoms with Gasteiger partial charge in [0.1, 0.15) is 5.02 Å². The van der Waals surface area contributed by atoms with E-state index in [1.165, 1.54) is 0 Å². The minimum absolute atomic E-state index is 0.245. The Bertz CT molecular complexity index is 369. The van der Waals surface area contributed by atoms with Crippen molar-refractivity contribution in [2.75, 3.05) is 6.54 Å². The predicted octanol–water partition coefficient (Wildman–Crippen LogP) is 3.88. The van der Waals surface area contributed by atoms with Crippen molar-refractivity contribution in [3.05, 3.63) is 28.2 Å². The number of halogens is 2. The van der Waals surface area contributed by atoms with Crippen molar-refractivity contribution in [2.24, 2.45) is 0 Å². The molecule has 88 valence electrons. The molecule has 1 amide bonds. The maximum atomic E-state index is 11.3. The first-order valence-electron chi connectivity index (χ1n) is 5.05. The monoisotopic (exact) mass is 261 g/mol. The first-order chi connectivity index (χ1) is 7.65. The van der Waals surface area contributed by atoms with Crippen LogP contribution >= 0.6 is 23.2 Å². The molecule has 0 heterocycles. The molecule has 0 fully saturated rings. The Morgan fingerprint density at radius 2 is 2.19 bits per heavy atom. The van der Waals surface area contributed by atoms with Crippen molar-refractivity contribution in [2.45, 2.75) is 19.8 Å². The summed E-state index contributed by atoms with van der Waals surface area (Å²) in [6.07, 6.45) is 1.41. The van der Waals surface area contributed by atoms with E-state index in [0.717, 1.165) is 12.8 Å². The third kappa shape index (κ3) is 3.91. The van der Waals surface area contributed by atoms with E-state index < -0.39 is 6.09 Å². The van der Waals surface area contributed by atoms with Gasteiger partial charge in [-0.2, -0.15) is 0 Å². The summed E-state index contributed by atoms with van der Waals surface area (Å²) >= 11 is 11.6. The first kappa shape index (κ1) is 13.1. The number of nitrogens with one attached hydrogen (secondary N) is 1. The lowest BCUT2D eigenvalue weighted by Gasteiger charge is -2.07. The Labute approximate surface area is 105 Å². The molecule has 0 saturated heterocycles. The molecule has 0 radical (unpaired) electrons. The molecule has 0 atom stereocenters. The van der Waals surface area contributed by atoms with Gasteiger partial charge in [0.25, 0.3) is 0 Å². The Morgan fingerprint density at radius 3 is 2.88 bits per heavy atom. The molecule has 0 saturated carbocycles. The second kappa shape index (κ2) is 6.61. The van der Waals surface area contributed by atoms with Crippen LogP contribution in [0.4, 0.5) is 4.79 Å². The minimum Gasteiger partial charge on any atom is -0.409 e. The molecule has 5 heteroatoms. The summed E-state index contributed by atoms with van der Waals surface area (Å²) in [6, 6.07) is 4.89. The Hall–Kier alpha value is -0.930. The van der Waals surface area contributed by atoms with Gasteiger partial charge in [-0.25, -0.2) is 4.79 Å². The smallest absolute Gasteiger partial charge is 0.409 e. The van der Waals surface area contributed by atoms with Crippen LogP contribution in [0, 0.1) is 0 Å². The van der Waals surface area contributed by atoms with Crippen molar-refractivity contribution < 1.29 is 9.53 Å². The highest BCUT2D eigenvalue weighted by molar-refractivity contribution is 6.43. The van der Waals surface area contributed by atoms with E-state index in [2.05, 4.69) is 5.32 Å². The van der Waals surface area contributed by atoms with Crippen LogP contribution in [-0.2, 0) is 0 Å². The molecule has 0 aliphatic heterocycles. The SMILES string of the molecule is CCCCNC(=O)Oc1cccc(Cl)c1Cl. The predicted molar refractivity (Wildman–Crippen MR) is 65.4 cm³/mol. The molecule has 3 nitrogen and oxygen atoms in total. The van der Waals surface area contributed by atoms with Crippen LogP contribution in [-0.4, -0.2) is 12.6 Å². The number of hydrogen-bond acceptors (Lipinski definition) is 2. The van der Waals surface area contributed by atoms with Crippen LogP contribution < -0.4 is 10.1 Å². The van der Waals surface area contributed by atoms with Crippen LogP contribution in [0.5, 0.6) is 5.75 Å². The summed E-state index contributed by atoms with van der Waals surface area (Å²) in [5, 5.41) is 3.22. The van der Waals surface area contributed by atoms with Gasteiger partial charge in [-0.15, -0.1) is 0 Å². The topological polar surface area (TPSA) is 38.3 Å². The number of rotatable bonds is 4. The third-order valence-corrected chi connectivity index (χ3v) is 2.72. The minimum atomic E-state index is -0.516. The first-order valence-corrected chi connectivity index (χ1v) is 5.80. The van der Waals surface area contributed by atoms with Gasteiger partial charge in [-0.3, -0.25) is 0 Å². The van der Waals surface area contributed by atoms with E-state index in [1.54, 1.807) is 18.2 Å². The number of amides is 1. The van der Waals surface area contributed by atoms with Gasteiger partial charge in [0, 0.05) is 6.54 Å². The van der Waals surface area contributed by atoms with Gasteiger partial charge < -0.3 is 10.1 Å². The second-order valence-corrected chi connectivity index (χ2v) is 4.01. The lowest BCUT2D eigenvalue weighted by molar-refractivity contribution is 0.200. The van der Waals surface area contributed by atoms with Gasteiger partial charge in [0.2, 0.25) is 0 Å². The largest absolute Gasteiger partial charge is 0.412 e. The van der Waals surface area contributed by atoms with E-state index >= 15 is 0 Å². The lowest BCUT2D eigenvalue weighted by atomic mass is 10.3. The molecule has 0 aromatic heterocycles. The summed E-state index contributed by atoms with van der Waals surface area (Å²) in [6.45, 7) is 2.63.